The lowest BCUT2D eigenvalue weighted by molar-refractivity contribution is 0.232. The highest BCUT2D eigenvalue weighted by Crippen LogP contribution is 2.17. The molecule has 0 aliphatic carbocycles. The number of hydrogen-bond acceptors (Lipinski definition) is 4. The second-order valence-electron chi connectivity index (χ2n) is 4.57. The molecule has 1 aliphatic heterocycles. The van der Waals surface area contributed by atoms with E-state index in [1.165, 1.54) is 11.1 Å². The zero-order chi connectivity index (χ0) is 12.1. The molecule has 0 spiro atoms. The van der Waals surface area contributed by atoms with E-state index in [-0.39, 0.29) is 6.04 Å². The third-order valence-corrected chi connectivity index (χ3v) is 3.31. The smallest absolute Gasteiger partial charge is 0.0422 e. The fourth-order valence-corrected chi connectivity index (χ4v) is 2.28. The number of nitrogens with zero attached hydrogens (tertiary/aromatic N) is 1. The van der Waals surface area contributed by atoms with Gasteiger partial charge in [-0.2, -0.15) is 0 Å². The zero-order valence-corrected chi connectivity index (χ0v) is 10.2. The van der Waals surface area contributed by atoms with Crippen LogP contribution in [-0.4, -0.2) is 37.6 Å². The van der Waals surface area contributed by atoms with Crippen molar-refractivity contribution in [1.29, 1.82) is 0 Å². The Hall–Kier alpha value is -0.940. The fraction of sp³-hybridized carbons (Fsp3) is 0.538. The summed E-state index contributed by atoms with van der Waals surface area (Å²) in [5, 5.41) is 3.36. The average Bonchev–Trinajstić information content (AvgIpc) is 2.40. The first-order valence-corrected chi connectivity index (χ1v) is 6.28. The van der Waals surface area contributed by atoms with E-state index in [1.54, 1.807) is 0 Å². The summed E-state index contributed by atoms with van der Waals surface area (Å²) in [6, 6.07) is 8.31. The van der Waals surface area contributed by atoms with Crippen LogP contribution in [0.4, 0.5) is 0 Å². The highest BCUT2D eigenvalue weighted by molar-refractivity contribution is 5.30. The van der Waals surface area contributed by atoms with E-state index in [0.717, 1.165) is 32.7 Å². The van der Waals surface area contributed by atoms with Gasteiger partial charge in [0.15, 0.2) is 0 Å². The van der Waals surface area contributed by atoms with E-state index >= 15 is 0 Å². The molecule has 0 unspecified atom stereocenters. The maximum atomic E-state index is 6.04. The molecule has 1 aliphatic rings. The molecule has 0 amide bonds. The normalized spacial score (nSPS) is 19.2. The van der Waals surface area contributed by atoms with Gasteiger partial charge in [0.2, 0.25) is 0 Å². The van der Waals surface area contributed by atoms with Crippen LogP contribution in [0.5, 0.6) is 0 Å². The van der Waals surface area contributed by atoms with E-state index in [1.807, 2.05) is 6.07 Å². The van der Waals surface area contributed by atoms with Gasteiger partial charge in [-0.05, 0) is 11.1 Å². The van der Waals surface area contributed by atoms with Crippen molar-refractivity contribution in [2.24, 2.45) is 11.5 Å². The van der Waals surface area contributed by atoms with Crippen molar-refractivity contribution in [2.75, 3.05) is 32.7 Å². The molecule has 17 heavy (non-hydrogen) atoms. The second kappa shape index (κ2) is 6.12. The highest BCUT2D eigenvalue weighted by atomic mass is 15.2. The van der Waals surface area contributed by atoms with Crippen LogP contribution in [0.3, 0.4) is 0 Å². The summed E-state index contributed by atoms with van der Waals surface area (Å²) in [6.45, 7) is 5.83. The lowest BCUT2D eigenvalue weighted by atomic mass is 10.0. The second-order valence-corrected chi connectivity index (χ2v) is 4.57. The summed E-state index contributed by atoms with van der Waals surface area (Å²) in [4.78, 5) is 2.46. The van der Waals surface area contributed by atoms with E-state index < -0.39 is 0 Å². The van der Waals surface area contributed by atoms with Gasteiger partial charge in [-0.15, -0.1) is 0 Å². The van der Waals surface area contributed by atoms with E-state index in [4.69, 9.17) is 11.5 Å². The number of rotatable bonds is 4. The van der Waals surface area contributed by atoms with Crippen molar-refractivity contribution in [2.45, 2.75) is 12.6 Å². The van der Waals surface area contributed by atoms with Gasteiger partial charge >= 0.3 is 0 Å². The molecule has 0 aromatic heterocycles. The quantitative estimate of drug-likeness (QED) is 0.689. The van der Waals surface area contributed by atoms with Crippen LogP contribution in [0.1, 0.15) is 17.2 Å². The lowest BCUT2D eigenvalue weighted by Gasteiger charge is -2.28. The Morgan fingerprint density at radius 3 is 2.65 bits per heavy atom. The third-order valence-electron chi connectivity index (χ3n) is 3.31. The lowest BCUT2D eigenvalue weighted by Crippen LogP contribution is -2.43. The minimum atomic E-state index is -0.0471. The molecule has 2 rings (SSSR count). The molecule has 1 aromatic carbocycles. The van der Waals surface area contributed by atoms with Crippen LogP contribution in [0, 0.1) is 0 Å². The molecule has 94 valence electrons. The minimum Gasteiger partial charge on any atom is -0.329 e. The highest BCUT2D eigenvalue weighted by Gasteiger charge is 2.14. The van der Waals surface area contributed by atoms with Gasteiger partial charge in [0.05, 0.1) is 0 Å². The Balaban J connectivity index is 2.08. The predicted octanol–water partition coefficient (Wildman–Crippen LogP) is 0.0503. The minimum absolute atomic E-state index is 0.0471. The summed E-state index contributed by atoms with van der Waals surface area (Å²) in [6.07, 6.45) is 0. The molecule has 1 atom stereocenters. The average molecular weight is 234 g/mol. The molecule has 4 nitrogen and oxygen atoms in total. The molecular weight excluding hydrogens is 212 g/mol. The number of nitrogens with two attached hydrogens (primary N) is 2. The molecular formula is C13H22N4. The SMILES string of the molecule is NC[C@@H](N)c1ccccc1CN1CCNCC1. The largest absolute Gasteiger partial charge is 0.329 e. The topological polar surface area (TPSA) is 67.3 Å². The van der Waals surface area contributed by atoms with Crippen LogP contribution in [-0.2, 0) is 6.54 Å². The first-order chi connectivity index (χ1) is 8.31. The van der Waals surface area contributed by atoms with Gasteiger partial charge < -0.3 is 16.8 Å². The summed E-state index contributed by atoms with van der Waals surface area (Å²) < 4.78 is 0. The van der Waals surface area contributed by atoms with E-state index in [2.05, 4.69) is 28.4 Å². The molecule has 1 saturated heterocycles. The molecule has 1 fully saturated rings. The van der Waals surface area contributed by atoms with Crippen molar-refractivity contribution in [1.82, 2.24) is 10.2 Å². The van der Waals surface area contributed by atoms with Gasteiger partial charge in [-0.25, -0.2) is 0 Å². The van der Waals surface area contributed by atoms with Gasteiger partial charge in [0.1, 0.15) is 0 Å². The standard InChI is InChI=1S/C13H22N4/c14-9-13(15)12-4-2-1-3-11(12)10-17-7-5-16-6-8-17/h1-4,13,16H,5-10,14-15H2/t13-/m1/s1. The van der Waals surface area contributed by atoms with Crippen LogP contribution in [0.2, 0.25) is 0 Å². The summed E-state index contributed by atoms with van der Waals surface area (Å²) in [5.74, 6) is 0. The zero-order valence-electron chi connectivity index (χ0n) is 10.2. The van der Waals surface area contributed by atoms with Gasteiger partial charge in [-0.3, -0.25) is 4.90 Å². The Bertz CT molecular complexity index is 347. The first-order valence-electron chi connectivity index (χ1n) is 6.28. The Morgan fingerprint density at radius 1 is 1.24 bits per heavy atom. The fourth-order valence-electron chi connectivity index (χ4n) is 2.28. The molecule has 1 heterocycles. The van der Waals surface area contributed by atoms with Crippen LogP contribution in [0.15, 0.2) is 24.3 Å². The number of benzene rings is 1. The van der Waals surface area contributed by atoms with Crippen molar-refractivity contribution in [3.05, 3.63) is 35.4 Å². The summed E-state index contributed by atoms with van der Waals surface area (Å²) in [7, 11) is 0. The predicted molar refractivity (Wildman–Crippen MR) is 70.6 cm³/mol. The molecule has 0 saturated carbocycles. The maximum Gasteiger partial charge on any atom is 0.0422 e. The Labute approximate surface area is 103 Å². The van der Waals surface area contributed by atoms with Gasteiger partial charge in [0.25, 0.3) is 0 Å². The number of piperazine rings is 1. The van der Waals surface area contributed by atoms with Crippen molar-refractivity contribution in [3.8, 4) is 0 Å². The molecule has 5 N–H and O–H groups in total. The van der Waals surface area contributed by atoms with Crippen molar-refractivity contribution >= 4 is 0 Å². The van der Waals surface area contributed by atoms with E-state index in [0.29, 0.717) is 6.54 Å². The number of hydrogen-bond donors (Lipinski definition) is 3. The van der Waals surface area contributed by atoms with Crippen LogP contribution in [0.25, 0.3) is 0 Å². The third kappa shape index (κ3) is 3.26. The Morgan fingerprint density at radius 2 is 1.94 bits per heavy atom. The first kappa shape index (κ1) is 12.5. The number of nitrogens with one attached hydrogen (secondary N) is 1. The molecule has 1 aromatic rings. The van der Waals surface area contributed by atoms with Crippen molar-refractivity contribution < 1.29 is 0 Å². The monoisotopic (exact) mass is 234 g/mol. The summed E-state index contributed by atoms with van der Waals surface area (Å²) in [5.41, 5.74) is 14.2. The van der Waals surface area contributed by atoms with Crippen LogP contribution < -0.4 is 16.8 Å². The van der Waals surface area contributed by atoms with E-state index in [9.17, 15) is 0 Å². The maximum absolute atomic E-state index is 6.04. The van der Waals surface area contributed by atoms with Crippen LogP contribution >= 0.6 is 0 Å². The molecule has 4 heteroatoms. The van der Waals surface area contributed by atoms with Gasteiger partial charge in [0, 0.05) is 45.3 Å². The van der Waals surface area contributed by atoms with Crippen molar-refractivity contribution in [3.63, 3.8) is 0 Å². The molecule has 0 radical (unpaired) electrons. The Kier molecular flexibility index (Phi) is 4.50. The summed E-state index contributed by atoms with van der Waals surface area (Å²) >= 11 is 0. The molecule has 0 bridgehead atoms. The van der Waals surface area contributed by atoms with Gasteiger partial charge in [-0.1, -0.05) is 24.3 Å².